The van der Waals surface area contributed by atoms with Crippen molar-refractivity contribution in [1.29, 1.82) is 0 Å². The number of aromatic nitrogens is 1. The number of piperidine rings is 1. The smallest absolute Gasteiger partial charge is 0.244 e. The van der Waals surface area contributed by atoms with Gasteiger partial charge >= 0.3 is 0 Å². The first-order valence-electron chi connectivity index (χ1n) is 8.40. The minimum Gasteiger partial charge on any atom is -0.489 e. The Bertz CT molecular complexity index is 846. The molecule has 1 aromatic heterocycles. The molecule has 2 unspecified atom stereocenters. The number of benzene rings is 1. The van der Waals surface area contributed by atoms with Crippen molar-refractivity contribution in [2.45, 2.75) is 48.8 Å². The van der Waals surface area contributed by atoms with E-state index in [0.717, 1.165) is 31.4 Å². The SMILES string of the molecule is O=S(=O)(c1ccccc1Br)N1C2CCC1CC(Oc1cccnc1)C2. The van der Waals surface area contributed by atoms with Crippen molar-refractivity contribution in [3.8, 4) is 5.75 Å². The molecule has 0 spiro atoms. The minimum absolute atomic E-state index is 0.00229. The van der Waals surface area contributed by atoms with Crippen LogP contribution in [0, 0.1) is 0 Å². The molecule has 3 heterocycles. The molecule has 2 aromatic rings. The molecule has 0 radical (unpaired) electrons. The molecule has 0 N–H and O–H groups in total. The number of sulfonamides is 1. The molecule has 2 saturated heterocycles. The molecule has 132 valence electrons. The third kappa shape index (κ3) is 3.20. The second kappa shape index (κ2) is 6.70. The average Bonchev–Trinajstić information content (AvgIpc) is 2.89. The first-order valence-corrected chi connectivity index (χ1v) is 10.6. The lowest BCUT2D eigenvalue weighted by Gasteiger charge is -2.37. The van der Waals surface area contributed by atoms with Crippen molar-refractivity contribution in [1.82, 2.24) is 9.29 Å². The zero-order valence-corrected chi connectivity index (χ0v) is 16.0. The molecule has 2 atom stereocenters. The fraction of sp³-hybridized carbons (Fsp3) is 0.389. The lowest BCUT2D eigenvalue weighted by atomic mass is 10.0. The fourth-order valence-corrected chi connectivity index (χ4v) is 6.81. The molecule has 0 amide bonds. The van der Waals surface area contributed by atoms with Gasteiger partial charge < -0.3 is 4.74 Å². The molecule has 2 bridgehead atoms. The molecule has 0 saturated carbocycles. The molecule has 0 aliphatic carbocycles. The number of rotatable bonds is 4. The maximum atomic E-state index is 13.2. The van der Waals surface area contributed by atoms with Crippen LogP contribution in [0.3, 0.4) is 0 Å². The van der Waals surface area contributed by atoms with Crippen LogP contribution in [-0.2, 0) is 10.0 Å². The van der Waals surface area contributed by atoms with Crippen LogP contribution < -0.4 is 4.74 Å². The summed E-state index contributed by atoms with van der Waals surface area (Å²) in [6.45, 7) is 0. The highest BCUT2D eigenvalue weighted by atomic mass is 79.9. The predicted octanol–water partition coefficient (Wildman–Crippen LogP) is 3.61. The van der Waals surface area contributed by atoms with E-state index in [1.54, 1.807) is 34.9 Å². The quantitative estimate of drug-likeness (QED) is 0.754. The Morgan fingerprint density at radius 3 is 2.44 bits per heavy atom. The van der Waals surface area contributed by atoms with Crippen LogP contribution >= 0.6 is 15.9 Å². The van der Waals surface area contributed by atoms with Crippen LogP contribution in [0.5, 0.6) is 5.75 Å². The average molecular weight is 423 g/mol. The summed E-state index contributed by atoms with van der Waals surface area (Å²) in [5, 5.41) is 0. The van der Waals surface area contributed by atoms with E-state index in [2.05, 4.69) is 20.9 Å². The number of hydrogen-bond acceptors (Lipinski definition) is 4. The number of fused-ring (bicyclic) bond motifs is 2. The summed E-state index contributed by atoms with van der Waals surface area (Å²) >= 11 is 3.38. The molecule has 25 heavy (non-hydrogen) atoms. The standard InChI is InChI=1S/C18H19BrN2O3S/c19-17-5-1-2-6-18(17)25(22,23)21-13-7-8-14(21)11-16(10-13)24-15-4-3-9-20-12-15/h1-6,9,12-14,16H,7-8,10-11H2. The molecule has 5 nitrogen and oxygen atoms in total. The highest BCUT2D eigenvalue weighted by Crippen LogP contribution is 2.41. The highest BCUT2D eigenvalue weighted by Gasteiger charge is 2.48. The lowest BCUT2D eigenvalue weighted by Crippen LogP contribution is -2.49. The summed E-state index contributed by atoms with van der Waals surface area (Å²) in [6.07, 6.45) is 6.66. The molecular weight excluding hydrogens is 404 g/mol. The Balaban J connectivity index is 1.56. The summed E-state index contributed by atoms with van der Waals surface area (Å²) in [6, 6.07) is 10.7. The van der Waals surface area contributed by atoms with Gasteiger partial charge in [0.25, 0.3) is 0 Å². The number of ether oxygens (including phenoxy) is 1. The summed E-state index contributed by atoms with van der Waals surface area (Å²) in [4.78, 5) is 4.42. The monoisotopic (exact) mass is 422 g/mol. The van der Waals surface area contributed by atoms with Gasteiger partial charge in [-0.1, -0.05) is 12.1 Å². The summed E-state index contributed by atoms with van der Waals surface area (Å²) in [7, 11) is -3.51. The zero-order chi connectivity index (χ0) is 17.4. The summed E-state index contributed by atoms with van der Waals surface area (Å²) < 4.78 is 34.7. The normalized spacial score (nSPS) is 26.5. The van der Waals surface area contributed by atoms with Gasteiger partial charge in [0, 0.05) is 35.6 Å². The Morgan fingerprint density at radius 1 is 1.08 bits per heavy atom. The van der Waals surface area contributed by atoms with E-state index < -0.39 is 10.0 Å². The molecule has 1 aromatic carbocycles. The van der Waals surface area contributed by atoms with Gasteiger partial charge in [0.15, 0.2) is 0 Å². The first kappa shape index (κ1) is 17.0. The lowest BCUT2D eigenvalue weighted by molar-refractivity contribution is 0.0953. The van der Waals surface area contributed by atoms with E-state index in [1.807, 2.05) is 18.2 Å². The van der Waals surface area contributed by atoms with Crippen molar-refractivity contribution in [2.24, 2.45) is 0 Å². The van der Waals surface area contributed by atoms with Gasteiger partial charge in [0.05, 0.1) is 11.1 Å². The van der Waals surface area contributed by atoms with Crippen LogP contribution in [0.15, 0.2) is 58.2 Å². The Kier molecular flexibility index (Phi) is 4.56. The highest BCUT2D eigenvalue weighted by molar-refractivity contribution is 9.10. The van der Waals surface area contributed by atoms with Crippen LogP contribution in [-0.4, -0.2) is 35.9 Å². The van der Waals surface area contributed by atoms with Gasteiger partial charge in [0.2, 0.25) is 10.0 Å². The largest absolute Gasteiger partial charge is 0.489 e. The Hall–Kier alpha value is -1.44. The van der Waals surface area contributed by atoms with Gasteiger partial charge in [-0.05, 0) is 53.0 Å². The second-order valence-electron chi connectivity index (χ2n) is 6.55. The molecule has 7 heteroatoms. The summed E-state index contributed by atoms with van der Waals surface area (Å²) in [5.74, 6) is 0.744. The van der Waals surface area contributed by atoms with E-state index in [0.29, 0.717) is 9.37 Å². The van der Waals surface area contributed by atoms with Crippen molar-refractivity contribution < 1.29 is 13.2 Å². The number of nitrogens with zero attached hydrogens (tertiary/aromatic N) is 2. The number of pyridine rings is 1. The van der Waals surface area contributed by atoms with Crippen LogP contribution in [0.2, 0.25) is 0 Å². The van der Waals surface area contributed by atoms with E-state index >= 15 is 0 Å². The molecular formula is C18H19BrN2O3S. The van der Waals surface area contributed by atoms with Crippen molar-refractivity contribution in [2.75, 3.05) is 0 Å². The van der Waals surface area contributed by atoms with Gasteiger partial charge in [-0.2, -0.15) is 4.31 Å². The maximum absolute atomic E-state index is 13.2. The van der Waals surface area contributed by atoms with Gasteiger partial charge in [-0.25, -0.2) is 8.42 Å². The van der Waals surface area contributed by atoms with Crippen molar-refractivity contribution >= 4 is 26.0 Å². The van der Waals surface area contributed by atoms with Gasteiger partial charge in [-0.3, -0.25) is 4.98 Å². The van der Waals surface area contributed by atoms with Crippen LogP contribution in [0.25, 0.3) is 0 Å². The minimum atomic E-state index is -3.51. The molecule has 2 aliphatic heterocycles. The van der Waals surface area contributed by atoms with Crippen molar-refractivity contribution in [3.05, 3.63) is 53.3 Å². The predicted molar refractivity (Wildman–Crippen MR) is 97.9 cm³/mol. The van der Waals surface area contributed by atoms with Crippen molar-refractivity contribution in [3.63, 3.8) is 0 Å². The van der Waals surface area contributed by atoms with E-state index in [4.69, 9.17) is 4.74 Å². The van der Waals surface area contributed by atoms with Gasteiger partial charge in [0.1, 0.15) is 11.9 Å². The van der Waals surface area contributed by atoms with Crippen LogP contribution in [0.4, 0.5) is 0 Å². The molecule has 4 rings (SSSR count). The number of hydrogen-bond donors (Lipinski definition) is 0. The van der Waals surface area contributed by atoms with E-state index in [9.17, 15) is 8.42 Å². The maximum Gasteiger partial charge on any atom is 0.244 e. The third-order valence-electron chi connectivity index (χ3n) is 4.95. The van der Waals surface area contributed by atoms with Crippen LogP contribution in [0.1, 0.15) is 25.7 Å². The zero-order valence-electron chi connectivity index (χ0n) is 13.6. The third-order valence-corrected chi connectivity index (χ3v) is 7.97. The van der Waals surface area contributed by atoms with Gasteiger partial charge in [-0.15, -0.1) is 0 Å². The summed E-state index contributed by atoms with van der Waals surface area (Å²) in [5.41, 5.74) is 0. The van der Waals surface area contributed by atoms with E-state index in [1.165, 1.54) is 0 Å². The first-order chi connectivity index (χ1) is 12.1. The fourth-order valence-electron chi connectivity index (χ4n) is 3.95. The topological polar surface area (TPSA) is 59.5 Å². The Labute approximate surface area is 156 Å². The molecule has 2 fully saturated rings. The number of halogens is 1. The Morgan fingerprint density at radius 2 is 1.80 bits per heavy atom. The van der Waals surface area contributed by atoms with E-state index in [-0.39, 0.29) is 18.2 Å². The second-order valence-corrected chi connectivity index (χ2v) is 9.22. The molecule has 2 aliphatic rings.